The number of nitrogens with zero attached hydrogens (tertiary/aromatic N) is 3. The second-order valence-electron chi connectivity index (χ2n) is 6.43. The minimum atomic E-state index is -0.499. The number of nitro groups is 1. The monoisotopic (exact) mass is 399 g/mol. The van der Waals surface area contributed by atoms with Crippen molar-refractivity contribution in [2.75, 3.05) is 44.8 Å². The first kappa shape index (κ1) is 20.1. The number of rotatable bonds is 7. The molecule has 9 nitrogen and oxygen atoms in total. The van der Waals surface area contributed by atoms with Gasteiger partial charge in [0.2, 0.25) is 0 Å². The largest absolute Gasteiger partial charge is 0.493 e. The molecule has 1 amide bonds. The van der Waals surface area contributed by atoms with Crippen LogP contribution in [0.3, 0.4) is 0 Å². The Bertz CT molecular complexity index is 909. The number of carbonyl (C=O) groups excluding carboxylic acids is 2. The highest BCUT2D eigenvalue weighted by Gasteiger charge is 2.26. The number of anilines is 1. The first-order valence-electron chi connectivity index (χ1n) is 9.05. The SMILES string of the molecule is COc1ccccc1OCC(=O)N1CCN(c2ccc(C=O)cc2[N+](=O)[O-])CC1. The van der Waals surface area contributed by atoms with E-state index in [9.17, 15) is 19.7 Å². The van der Waals surface area contributed by atoms with Gasteiger partial charge in [0.25, 0.3) is 11.6 Å². The number of piperazine rings is 1. The Balaban J connectivity index is 1.60. The molecule has 0 unspecified atom stereocenters. The van der Waals surface area contributed by atoms with E-state index in [4.69, 9.17) is 9.47 Å². The van der Waals surface area contributed by atoms with Crippen LogP contribution >= 0.6 is 0 Å². The third-order valence-corrected chi connectivity index (χ3v) is 4.73. The van der Waals surface area contributed by atoms with Crippen molar-refractivity contribution >= 4 is 23.6 Å². The van der Waals surface area contributed by atoms with Crippen LogP contribution in [0.1, 0.15) is 10.4 Å². The molecule has 0 atom stereocenters. The fourth-order valence-electron chi connectivity index (χ4n) is 3.19. The Labute approximate surface area is 167 Å². The Morgan fingerprint density at radius 2 is 1.83 bits per heavy atom. The van der Waals surface area contributed by atoms with E-state index in [1.54, 1.807) is 35.2 Å². The molecule has 152 valence electrons. The number of methoxy groups -OCH3 is 1. The first-order chi connectivity index (χ1) is 14.0. The van der Waals surface area contributed by atoms with Gasteiger partial charge in [-0.2, -0.15) is 0 Å². The second-order valence-corrected chi connectivity index (χ2v) is 6.43. The zero-order chi connectivity index (χ0) is 20.8. The maximum atomic E-state index is 12.5. The number of aldehydes is 1. The number of hydrogen-bond donors (Lipinski definition) is 0. The molecule has 0 radical (unpaired) electrons. The highest BCUT2D eigenvalue weighted by atomic mass is 16.6. The molecular formula is C20H21N3O6. The van der Waals surface area contributed by atoms with Crippen molar-refractivity contribution in [2.45, 2.75) is 0 Å². The fourth-order valence-corrected chi connectivity index (χ4v) is 3.19. The molecule has 1 saturated heterocycles. The summed E-state index contributed by atoms with van der Waals surface area (Å²) in [5.41, 5.74) is 0.578. The molecule has 1 fully saturated rings. The zero-order valence-corrected chi connectivity index (χ0v) is 15.9. The van der Waals surface area contributed by atoms with Crippen LogP contribution in [0.2, 0.25) is 0 Å². The fraction of sp³-hybridized carbons (Fsp3) is 0.300. The quantitative estimate of drug-likeness (QED) is 0.399. The Kier molecular flexibility index (Phi) is 6.28. The number of para-hydroxylation sites is 2. The molecule has 9 heteroatoms. The number of carbonyl (C=O) groups is 2. The standard InChI is InChI=1S/C20H21N3O6/c1-28-18-4-2-3-5-19(18)29-14-20(25)22-10-8-21(9-11-22)16-7-6-15(13-24)12-17(16)23(26)27/h2-7,12-13H,8-11,14H2,1H3. The van der Waals surface area contributed by atoms with Gasteiger partial charge in [-0.3, -0.25) is 19.7 Å². The van der Waals surface area contributed by atoms with E-state index in [1.165, 1.54) is 13.2 Å². The Hall–Kier alpha value is -3.62. The molecule has 3 rings (SSSR count). The molecule has 2 aromatic rings. The van der Waals surface area contributed by atoms with Crippen LogP contribution in [0.25, 0.3) is 0 Å². The highest BCUT2D eigenvalue weighted by Crippen LogP contribution is 2.30. The van der Waals surface area contributed by atoms with Crippen molar-refractivity contribution in [3.8, 4) is 11.5 Å². The summed E-state index contributed by atoms with van der Waals surface area (Å²) < 4.78 is 10.8. The molecule has 29 heavy (non-hydrogen) atoms. The van der Waals surface area contributed by atoms with Crippen LogP contribution < -0.4 is 14.4 Å². The van der Waals surface area contributed by atoms with Gasteiger partial charge in [0.15, 0.2) is 18.1 Å². The zero-order valence-electron chi connectivity index (χ0n) is 15.9. The van der Waals surface area contributed by atoms with E-state index < -0.39 is 4.92 Å². The van der Waals surface area contributed by atoms with Gasteiger partial charge in [-0.25, -0.2) is 0 Å². The number of ether oxygens (including phenoxy) is 2. The van der Waals surface area contributed by atoms with Crippen molar-refractivity contribution < 1.29 is 24.0 Å². The van der Waals surface area contributed by atoms with Gasteiger partial charge in [0.05, 0.1) is 12.0 Å². The maximum absolute atomic E-state index is 12.5. The summed E-state index contributed by atoms with van der Waals surface area (Å²) in [5, 5.41) is 11.3. The minimum Gasteiger partial charge on any atom is -0.493 e. The highest BCUT2D eigenvalue weighted by molar-refractivity contribution is 5.80. The molecule has 1 aliphatic heterocycles. The lowest BCUT2D eigenvalue weighted by Crippen LogP contribution is -2.50. The van der Waals surface area contributed by atoms with Gasteiger partial charge >= 0.3 is 0 Å². The lowest BCUT2D eigenvalue weighted by atomic mass is 10.1. The first-order valence-corrected chi connectivity index (χ1v) is 9.05. The molecule has 0 aromatic heterocycles. The van der Waals surface area contributed by atoms with Crippen LogP contribution in [-0.2, 0) is 4.79 Å². The summed E-state index contributed by atoms with van der Waals surface area (Å²) >= 11 is 0. The van der Waals surface area contributed by atoms with E-state index in [-0.39, 0.29) is 23.8 Å². The topological polar surface area (TPSA) is 102 Å². The third-order valence-electron chi connectivity index (χ3n) is 4.73. The van der Waals surface area contributed by atoms with Gasteiger partial charge in [-0.1, -0.05) is 12.1 Å². The maximum Gasteiger partial charge on any atom is 0.293 e. The van der Waals surface area contributed by atoms with Crippen LogP contribution in [0.5, 0.6) is 11.5 Å². The number of hydrogen-bond acceptors (Lipinski definition) is 7. The van der Waals surface area contributed by atoms with Gasteiger partial charge in [-0.05, 0) is 24.3 Å². The predicted molar refractivity (Wildman–Crippen MR) is 106 cm³/mol. The average molecular weight is 399 g/mol. The number of benzene rings is 2. The second kappa shape index (κ2) is 9.05. The summed E-state index contributed by atoms with van der Waals surface area (Å²) in [4.78, 5) is 37.7. The Morgan fingerprint density at radius 1 is 1.14 bits per heavy atom. The smallest absolute Gasteiger partial charge is 0.293 e. The normalized spacial score (nSPS) is 13.7. The van der Waals surface area contributed by atoms with Gasteiger partial charge in [0, 0.05) is 37.8 Å². The van der Waals surface area contributed by atoms with Crippen molar-refractivity contribution in [1.82, 2.24) is 4.90 Å². The summed E-state index contributed by atoms with van der Waals surface area (Å²) in [6.07, 6.45) is 0.578. The molecule has 0 saturated carbocycles. The lowest BCUT2D eigenvalue weighted by molar-refractivity contribution is -0.384. The molecule has 2 aromatic carbocycles. The van der Waals surface area contributed by atoms with Crippen molar-refractivity contribution in [3.05, 3.63) is 58.1 Å². The minimum absolute atomic E-state index is 0.117. The van der Waals surface area contributed by atoms with E-state index >= 15 is 0 Å². The van der Waals surface area contributed by atoms with Gasteiger partial charge < -0.3 is 19.3 Å². The van der Waals surface area contributed by atoms with Gasteiger partial charge in [-0.15, -0.1) is 0 Å². The summed E-state index contributed by atoms with van der Waals surface area (Å²) in [5.74, 6) is 0.880. The van der Waals surface area contributed by atoms with Crippen LogP contribution in [0.4, 0.5) is 11.4 Å². The third kappa shape index (κ3) is 4.63. The summed E-state index contributed by atoms with van der Waals surface area (Å²) in [7, 11) is 1.53. The lowest BCUT2D eigenvalue weighted by Gasteiger charge is -2.35. The average Bonchev–Trinajstić information content (AvgIpc) is 2.77. The van der Waals surface area contributed by atoms with E-state index in [1.807, 2.05) is 11.0 Å². The molecule has 0 aliphatic carbocycles. The summed E-state index contributed by atoms with van der Waals surface area (Å²) in [6, 6.07) is 11.5. The van der Waals surface area contributed by atoms with Crippen LogP contribution in [0.15, 0.2) is 42.5 Å². The molecule has 1 aliphatic rings. The molecule has 0 N–H and O–H groups in total. The van der Waals surface area contributed by atoms with E-state index in [0.717, 1.165) is 0 Å². The predicted octanol–water partition coefficient (Wildman–Crippen LogP) is 2.14. The van der Waals surface area contributed by atoms with Crippen molar-refractivity contribution in [2.24, 2.45) is 0 Å². The molecular weight excluding hydrogens is 378 g/mol. The van der Waals surface area contributed by atoms with Crippen LogP contribution in [0, 0.1) is 10.1 Å². The molecule has 0 spiro atoms. The number of nitro benzene ring substituents is 1. The molecule has 0 bridgehead atoms. The summed E-state index contributed by atoms with van der Waals surface area (Å²) in [6.45, 7) is 1.61. The van der Waals surface area contributed by atoms with E-state index in [0.29, 0.717) is 49.7 Å². The van der Waals surface area contributed by atoms with Crippen LogP contribution in [-0.4, -0.2) is 61.9 Å². The van der Waals surface area contributed by atoms with Crippen molar-refractivity contribution in [1.29, 1.82) is 0 Å². The molecule has 1 heterocycles. The number of amides is 1. The van der Waals surface area contributed by atoms with E-state index in [2.05, 4.69) is 0 Å². The van der Waals surface area contributed by atoms with Gasteiger partial charge in [0.1, 0.15) is 12.0 Å². The van der Waals surface area contributed by atoms with Crippen molar-refractivity contribution in [3.63, 3.8) is 0 Å². The Morgan fingerprint density at radius 3 is 2.45 bits per heavy atom.